The van der Waals surface area contributed by atoms with Crippen molar-refractivity contribution in [1.82, 2.24) is 20.1 Å². The van der Waals surface area contributed by atoms with Gasteiger partial charge in [0.25, 0.3) is 0 Å². The lowest BCUT2D eigenvalue weighted by molar-refractivity contribution is -0.143. The number of amides is 3. The number of ether oxygens (including phenoxy) is 2. The number of carbonyl (C=O) groups is 4. The molecule has 2 atom stereocenters. The van der Waals surface area contributed by atoms with E-state index in [1.54, 1.807) is 0 Å². The van der Waals surface area contributed by atoms with Gasteiger partial charge in [-0.3, -0.25) is 14.4 Å². The maximum atomic E-state index is 15.3. The molecule has 0 saturated carbocycles. The van der Waals surface area contributed by atoms with Crippen LogP contribution in [0.2, 0.25) is 51.4 Å². The molecule has 1 unspecified atom stereocenters. The van der Waals surface area contributed by atoms with Crippen LogP contribution in [0.15, 0.2) is 60.8 Å². The molecular formula is C46H70F2N4O6SSi2. The van der Waals surface area contributed by atoms with E-state index in [1.165, 1.54) is 17.8 Å². The van der Waals surface area contributed by atoms with Gasteiger partial charge < -0.3 is 29.6 Å². The predicted molar refractivity (Wildman–Crippen MR) is 249 cm³/mol. The van der Waals surface area contributed by atoms with E-state index in [9.17, 15) is 23.6 Å². The molecule has 0 bridgehead atoms. The largest absolute Gasteiger partial charge is 0.466 e. The summed E-state index contributed by atoms with van der Waals surface area (Å²) in [6, 6.07) is 16.1. The van der Waals surface area contributed by atoms with Gasteiger partial charge in [-0.05, 0) is 67.1 Å². The third kappa shape index (κ3) is 19.3. The minimum atomic E-state index is -1.38. The van der Waals surface area contributed by atoms with Crippen LogP contribution in [0, 0.1) is 17.0 Å². The highest BCUT2D eigenvalue weighted by molar-refractivity contribution is 7.99. The molecule has 0 aliphatic rings. The number of hydrogen-bond donors (Lipinski definition) is 2. The van der Waals surface area contributed by atoms with Crippen molar-refractivity contribution >= 4 is 51.8 Å². The van der Waals surface area contributed by atoms with Gasteiger partial charge in [-0.1, -0.05) is 90.4 Å². The minimum absolute atomic E-state index is 0.0929. The molecule has 2 aromatic carbocycles. The molecule has 1 aromatic heterocycles. The second-order valence-corrected chi connectivity index (χ2v) is 31.7. The van der Waals surface area contributed by atoms with E-state index in [0.29, 0.717) is 43.9 Å². The van der Waals surface area contributed by atoms with Crippen molar-refractivity contribution in [3.05, 3.63) is 83.7 Å². The van der Waals surface area contributed by atoms with Crippen LogP contribution in [0.4, 0.5) is 13.6 Å². The molecule has 0 saturated heterocycles. The number of hydrogen-bond acceptors (Lipinski definition) is 7. The van der Waals surface area contributed by atoms with E-state index in [1.807, 2.05) is 79.8 Å². The van der Waals surface area contributed by atoms with E-state index >= 15 is 4.39 Å². The SMILES string of the molecule is CC(CCC(=O)OCC[Si](C)(C)C)NC(=O)CCSCC(=O)N(CCCNC(=O)OCC[Si](C)(C)C)[C@@H](c1cc(-c2cc(F)ccc2F)cn1Cc1ccccc1)C(C)(C)C. The maximum absolute atomic E-state index is 15.3. The number of aromatic nitrogens is 1. The summed E-state index contributed by atoms with van der Waals surface area (Å²) in [5, 5.41) is 5.79. The van der Waals surface area contributed by atoms with E-state index < -0.39 is 45.3 Å². The third-order valence-corrected chi connectivity index (χ3v) is 14.4. The van der Waals surface area contributed by atoms with Crippen LogP contribution in [-0.2, 0) is 30.4 Å². The summed E-state index contributed by atoms with van der Waals surface area (Å²) in [6.07, 6.45) is 2.63. The van der Waals surface area contributed by atoms with Gasteiger partial charge in [0.05, 0.1) is 25.0 Å². The highest BCUT2D eigenvalue weighted by Crippen LogP contribution is 2.41. The predicted octanol–water partition coefficient (Wildman–Crippen LogP) is 10.1. The third-order valence-electron chi connectivity index (χ3n) is 10.0. The lowest BCUT2D eigenvalue weighted by Crippen LogP contribution is -2.44. The van der Waals surface area contributed by atoms with Crippen LogP contribution in [0.1, 0.15) is 70.7 Å². The Morgan fingerprint density at radius 2 is 1.54 bits per heavy atom. The number of rotatable bonds is 24. The number of thioether (sulfide) groups is 1. The topological polar surface area (TPSA) is 119 Å². The van der Waals surface area contributed by atoms with Crippen LogP contribution in [0.3, 0.4) is 0 Å². The Hall–Kier alpha value is -3.96. The lowest BCUT2D eigenvalue weighted by atomic mass is 9.83. The zero-order chi connectivity index (χ0) is 45.4. The smallest absolute Gasteiger partial charge is 0.407 e. The Morgan fingerprint density at radius 1 is 0.885 bits per heavy atom. The molecule has 2 N–H and O–H groups in total. The number of nitrogens with one attached hydrogen (secondary N) is 2. The van der Waals surface area contributed by atoms with Crippen molar-refractivity contribution in [3.63, 3.8) is 0 Å². The molecule has 0 aliphatic carbocycles. The monoisotopic (exact) mass is 900 g/mol. The molecule has 3 amide bonds. The average Bonchev–Trinajstić information content (AvgIpc) is 3.55. The zero-order valence-electron chi connectivity index (χ0n) is 38.1. The van der Waals surface area contributed by atoms with Crippen molar-refractivity contribution < 1.29 is 37.4 Å². The van der Waals surface area contributed by atoms with Crippen LogP contribution < -0.4 is 10.6 Å². The molecule has 0 spiro atoms. The second kappa shape index (κ2) is 24.0. The highest BCUT2D eigenvalue weighted by atomic mass is 32.2. The van der Waals surface area contributed by atoms with E-state index in [0.717, 1.165) is 35.5 Å². The average molecular weight is 901 g/mol. The van der Waals surface area contributed by atoms with Gasteiger partial charge in [-0.25, -0.2) is 13.6 Å². The molecule has 15 heteroatoms. The minimum Gasteiger partial charge on any atom is -0.466 e. The summed E-state index contributed by atoms with van der Waals surface area (Å²) in [5.74, 6) is -1.21. The molecule has 338 valence electrons. The first-order chi connectivity index (χ1) is 28.5. The Labute approximate surface area is 369 Å². The van der Waals surface area contributed by atoms with Crippen LogP contribution >= 0.6 is 11.8 Å². The summed E-state index contributed by atoms with van der Waals surface area (Å²) in [7, 11) is -2.68. The van der Waals surface area contributed by atoms with Gasteiger partial charge in [0.2, 0.25) is 11.8 Å². The summed E-state index contributed by atoms with van der Waals surface area (Å²) in [6.45, 7) is 23.1. The Balaban J connectivity index is 1.80. The van der Waals surface area contributed by atoms with E-state index in [4.69, 9.17) is 9.47 Å². The van der Waals surface area contributed by atoms with Crippen molar-refractivity contribution in [1.29, 1.82) is 0 Å². The first-order valence-corrected chi connectivity index (χ1v) is 30.0. The summed E-state index contributed by atoms with van der Waals surface area (Å²) in [4.78, 5) is 53.9. The van der Waals surface area contributed by atoms with Crippen LogP contribution in [-0.4, -0.2) is 93.3 Å². The van der Waals surface area contributed by atoms with Gasteiger partial charge in [0, 0.05) is 83.4 Å². The lowest BCUT2D eigenvalue weighted by Gasteiger charge is -2.41. The Kier molecular flexibility index (Phi) is 20.3. The number of benzene rings is 2. The van der Waals surface area contributed by atoms with Gasteiger partial charge in [0.15, 0.2) is 0 Å². The van der Waals surface area contributed by atoms with Crippen molar-refractivity contribution in [2.45, 2.75) is 123 Å². The quantitative estimate of drug-likeness (QED) is 0.0522. The van der Waals surface area contributed by atoms with Crippen LogP contribution in [0.25, 0.3) is 11.1 Å². The number of alkyl carbamates (subject to hydrolysis) is 1. The van der Waals surface area contributed by atoms with Crippen molar-refractivity contribution in [2.75, 3.05) is 37.8 Å². The number of carbonyl (C=O) groups excluding carboxylic acids is 4. The number of esters is 1. The maximum Gasteiger partial charge on any atom is 0.407 e. The van der Waals surface area contributed by atoms with Crippen molar-refractivity contribution in [2.24, 2.45) is 5.41 Å². The number of nitrogens with zero attached hydrogens (tertiary/aromatic N) is 2. The van der Waals surface area contributed by atoms with E-state index in [-0.39, 0.29) is 61.1 Å². The Morgan fingerprint density at radius 3 is 2.18 bits per heavy atom. The number of halogens is 2. The zero-order valence-corrected chi connectivity index (χ0v) is 40.9. The fourth-order valence-electron chi connectivity index (χ4n) is 6.65. The summed E-state index contributed by atoms with van der Waals surface area (Å²) in [5.41, 5.74) is 1.82. The molecule has 0 aliphatic heterocycles. The molecular weight excluding hydrogens is 831 g/mol. The highest BCUT2D eigenvalue weighted by Gasteiger charge is 2.37. The molecule has 3 aromatic rings. The normalized spacial score (nSPS) is 13.0. The van der Waals surface area contributed by atoms with Gasteiger partial charge >= 0.3 is 12.1 Å². The molecule has 10 nitrogen and oxygen atoms in total. The molecule has 0 radical (unpaired) electrons. The fourth-order valence-corrected chi connectivity index (χ4v) is 8.90. The van der Waals surface area contributed by atoms with E-state index in [2.05, 4.69) is 49.9 Å². The first kappa shape index (κ1) is 51.4. The fraction of sp³-hybridized carbons (Fsp3) is 0.565. The standard InChI is InChI=1S/C46H70F2N4O6SSi2/c1-34(17-20-43(55)57-24-27-60(5,6)7)50-41(53)21-26-59-33-42(54)52(23-14-22-49-45(56)58-25-28-61(8,9)10)44(46(2,3)4)40-29-36(38-30-37(47)18-19-39(38)48)32-51(40)31-35-15-12-11-13-16-35/h11-13,15-16,18-19,29-30,32,34,44H,14,17,20-28,31,33H2,1-10H3,(H,49,56)(H,50,53)/t34?,44-/m0/s1. The van der Waals surface area contributed by atoms with Crippen LogP contribution in [0.5, 0.6) is 0 Å². The summed E-state index contributed by atoms with van der Waals surface area (Å²) >= 11 is 1.36. The van der Waals surface area contributed by atoms with Crippen molar-refractivity contribution in [3.8, 4) is 11.1 Å². The second-order valence-electron chi connectivity index (χ2n) is 19.3. The molecule has 3 rings (SSSR count). The Bertz CT molecular complexity index is 1880. The van der Waals surface area contributed by atoms with Gasteiger partial charge in [0.1, 0.15) is 11.6 Å². The molecule has 1 heterocycles. The first-order valence-electron chi connectivity index (χ1n) is 21.4. The molecule has 0 fully saturated rings. The summed E-state index contributed by atoms with van der Waals surface area (Å²) < 4.78 is 42.6. The van der Waals surface area contributed by atoms with Gasteiger partial charge in [-0.15, -0.1) is 0 Å². The van der Waals surface area contributed by atoms with Gasteiger partial charge in [-0.2, -0.15) is 11.8 Å². The molecule has 61 heavy (non-hydrogen) atoms.